The molecule has 1 aliphatic heterocycles. The predicted molar refractivity (Wildman–Crippen MR) is 73.5 cm³/mol. The molecule has 0 fully saturated rings. The molecule has 0 spiro atoms. The van der Waals surface area contributed by atoms with Gasteiger partial charge in [0.15, 0.2) is 0 Å². The highest BCUT2D eigenvalue weighted by Crippen LogP contribution is 2.39. The Morgan fingerprint density at radius 2 is 1.67 bits per heavy atom. The number of carbonyl (C=O) groups excluding carboxylic acids is 1. The van der Waals surface area contributed by atoms with E-state index in [0.717, 1.165) is 16.8 Å². The van der Waals surface area contributed by atoms with Crippen molar-refractivity contribution in [2.24, 2.45) is 0 Å². The van der Waals surface area contributed by atoms with Crippen molar-refractivity contribution >= 4 is 11.6 Å². The fraction of sp³-hybridized carbons (Fsp3) is 0.188. The van der Waals surface area contributed by atoms with Gasteiger partial charge in [-0.15, -0.1) is 0 Å². The molecule has 1 aliphatic rings. The summed E-state index contributed by atoms with van der Waals surface area (Å²) in [5, 5.41) is 2.93. The first-order valence-corrected chi connectivity index (χ1v) is 6.10. The normalized spacial score (nSPS) is 16.2. The van der Waals surface area contributed by atoms with Crippen LogP contribution in [0.1, 0.15) is 19.4 Å². The van der Waals surface area contributed by atoms with E-state index in [2.05, 4.69) is 29.6 Å². The lowest BCUT2D eigenvalue weighted by molar-refractivity contribution is -0.119. The second-order valence-electron chi connectivity index (χ2n) is 5.21. The van der Waals surface area contributed by atoms with Gasteiger partial charge < -0.3 is 5.32 Å². The third-order valence-corrected chi connectivity index (χ3v) is 3.62. The number of benzene rings is 2. The first-order chi connectivity index (χ1) is 8.59. The first-order valence-electron chi connectivity index (χ1n) is 6.10. The topological polar surface area (TPSA) is 29.1 Å². The van der Waals surface area contributed by atoms with Crippen LogP contribution in [0.4, 0.5) is 5.69 Å². The number of nitrogens with one attached hydrogen (secondary N) is 1. The van der Waals surface area contributed by atoms with Gasteiger partial charge in [-0.1, -0.05) is 36.4 Å². The number of anilines is 1. The second kappa shape index (κ2) is 3.70. The molecule has 0 saturated heterocycles. The molecule has 0 aliphatic carbocycles. The van der Waals surface area contributed by atoms with Crippen LogP contribution in [0.15, 0.2) is 48.5 Å². The van der Waals surface area contributed by atoms with Gasteiger partial charge in [0.2, 0.25) is 5.91 Å². The molecule has 0 radical (unpaired) electrons. The largest absolute Gasteiger partial charge is 0.325 e. The average molecular weight is 237 g/mol. The van der Waals surface area contributed by atoms with Gasteiger partial charge in [0.1, 0.15) is 0 Å². The summed E-state index contributed by atoms with van der Waals surface area (Å²) in [5.41, 5.74) is 3.90. The fourth-order valence-electron chi connectivity index (χ4n) is 2.38. The molecule has 0 aromatic heterocycles. The van der Waals surface area contributed by atoms with E-state index >= 15 is 0 Å². The van der Waals surface area contributed by atoms with Gasteiger partial charge in [0, 0.05) is 5.69 Å². The maximum Gasteiger partial charge on any atom is 0.234 e. The van der Waals surface area contributed by atoms with Crippen molar-refractivity contribution in [3.63, 3.8) is 0 Å². The summed E-state index contributed by atoms with van der Waals surface area (Å²) in [6, 6.07) is 16.4. The summed E-state index contributed by atoms with van der Waals surface area (Å²) in [5.74, 6) is 0.0720. The van der Waals surface area contributed by atoms with E-state index in [4.69, 9.17) is 0 Å². The quantitative estimate of drug-likeness (QED) is 0.807. The van der Waals surface area contributed by atoms with Gasteiger partial charge in [-0.25, -0.2) is 0 Å². The van der Waals surface area contributed by atoms with Gasteiger partial charge in [-0.05, 0) is 42.7 Å². The molecule has 18 heavy (non-hydrogen) atoms. The van der Waals surface area contributed by atoms with E-state index in [9.17, 15) is 4.79 Å². The lowest BCUT2D eigenvalue weighted by Crippen LogP contribution is -2.26. The smallest absolute Gasteiger partial charge is 0.234 e. The maximum atomic E-state index is 11.9. The van der Waals surface area contributed by atoms with Crippen LogP contribution in [0.3, 0.4) is 0 Å². The van der Waals surface area contributed by atoms with Crippen LogP contribution >= 0.6 is 0 Å². The monoisotopic (exact) mass is 237 g/mol. The van der Waals surface area contributed by atoms with Crippen LogP contribution in [-0.2, 0) is 10.2 Å². The van der Waals surface area contributed by atoms with Crippen LogP contribution in [-0.4, -0.2) is 5.91 Å². The molecule has 1 amide bonds. The molecule has 90 valence electrons. The highest BCUT2D eigenvalue weighted by atomic mass is 16.2. The highest BCUT2D eigenvalue weighted by molar-refractivity contribution is 6.06. The Morgan fingerprint density at radius 3 is 2.39 bits per heavy atom. The van der Waals surface area contributed by atoms with Crippen molar-refractivity contribution in [1.29, 1.82) is 0 Å². The standard InChI is InChI=1S/C16H15NO/c1-16(2)13-10-12(11-6-4-3-5-7-11)8-9-14(13)17-15(16)18/h3-10H,1-2H3,(H,17,18). The van der Waals surface area contributed by atoms with Crippen LogP contribution in [0.25, 0.3) is 11.1 Å². The molecule has 1 N–H and O–H groups in total. The summed E-state index contributed by atoms with van der Waals surface area (Å²) >= 11 is 0. The Hall–Kier alpha value is -2.09. The Balaban J connectivity index is 2.14. The molecule has 1 heterocycles. The van der Waals surface area contributed by atoms with Crippen LogP contribution in [0.2, 0.25) is 0 Å². The zero-order valence-corrected chi connectivity index (χ0v) is 10.5. The van der Waals surface area contributed by atoms with E-state index in [1.807, 2.05) is 38.1 Å². The number of rotatable bonds is 1. The zero-order valence-electron chi connectivity index (χ0n) is 10.5. The molecule has 2 heteroatoms. The van der Waals surface area contributed by atoms with Gasteiger partial charge >= 0.3 is 0 Å². The maximum absolute atomic E-state index is 11.9. The minimum Gasteiger partial charge on any atom is -0.325 e. The summed E-state index contributed by atoms with van der Waals surface area (Å²) in [6.07, 6.45) is 0. The molecule has 0 bridgehead atoms. The van der Waals surface area contributed by atoms with Gasteiger partial charge in [0.25, 0.3) is 0 Å². The lowest BCUT2D eigenvalue weighted by atomic mass is 9.85. The lowest BCUT2D eigenvalue weighted by Gasteiger charge is -2.15. The van der Waals surface area contributed by atoms with E-state index < -0.39 is 5.41 Å². The number of hydrogen-bond donors (Lipinski definition) is 1. The van der Waals surface area contributed by atoms with E-state index in [1.54, 1.807) is 0 Å². The third kappa shape index (κ3) is 1.53. The van der Waals surface area contributed by atoms with Crippen molar-refractivity contribution in [2.45, 2.75) is 19.3 Å². The number of carbonyl (C=O) groups is 1. The Bertz CT molecular complexity index is 614. The van der Waals surface area contributed by atoms with Crippen molar-refractivity contribution in [1.82, 2.24) is 0 Å². The van der Waals surface area contributed by atoms with Gasteiger partial charge in [-0.3, -0.25) is 4.79 Å². The second-order valence-corrected chi connectivity index (χ2v) is 5.21. The summed E-state index contributed by atoms with van der Waals surface area (Å²) in [7, 11) is 0. The van der Waals surface area contributed by atoms with Gasteiger partial charge in [0.05, 0.1) is 5.41 Å². The van der Waals surface area contributed by atoms with Crippen molar-refractivity contribution < 1.29 is 4.79 Å². The Morgan fingerprint density at radius 1 is 0.944 bits per heavy atom. The van der Waals surface area contributed by atoms with E-state index in [0.29, 0.717) is 0 Å². The molecule has 2 aromatic rings. The summed E-state index contributed by atoms with van der Waals surface area (Å²) in [4.78, 5) is 11.9. The van der Waals surface area contributed by atoms with E-state index in [-0.39, 0.29) is 5.91 Å². The minimum atomic E-state index is -0.444. The molecular weight excluding hydrogens is 222 g/mol. The molecule has 2 nitrogen and oxygen atoms in total. The van der Waals surface area contributed by atoms with Gasteiger partial charge in [-0.2, -0.15) is 0 Å². The number of hydrogen-bond acceptors (Lipinski definition) is 1. The number of amides is 1. The minimum absolute atomic E-state index is 0.0720. The Kier molecular flexibility index (Phi) is 2.27. The molecule has 0 atom stereocenters. The SMILES string of the molecule is CC1(C)C(=O)Nc2ccc(-c3ccccc3)cc21. The van der Waals surface area contributed by atoms with Crippen LogP contribution in [0, 0.1) is 0 Å². The summed E-state index contributed by atoms with van der Waals surface area (Å²) < 4.78 is 0. The summed E-state index contributed by atoms with van der Waals surface area (Å²) in [6.45, 7) is 3.92. The van der Waals surface area contributed by atoms with E-state index in [1.165, 1.54) is 5.56 Å². The third-order valence-electron chi connectivity index (χ3n) is 3.62. The van der Waals surface area contributed by atoms with Crippen molar-refractivity contribution in [3.8, 4) is 11.1 Å². The van der Waals surface area contributed by atoms with Crippen molar-refractivity contribution in [2.75, 3.05) is 5.32 Å². The molecule has 2 aromatic carbocycles. The highest BCUT2D eigenvalue weighted by Gasteiger charge is 2.38. The molecular formula is C16H15NO. The fourth-order valence-corrected chi connectivity index (χ4v) is 2.38. The van der Waals surface area contributed by atoms with Crippen LogP contribution < -0.4 is 5.32 Å². The molecule has 0 unspecified atom stereocenters. The van der Waals surface area contributed by atoms with Crippen LogP contribution in [0.5, 0.6) is 0 Å². The molecule has 0 saturated carbocycles. The average Bonchev–Trinajstić information content (AvgIpc) is 2.61. The molecule has 3 rings (SSSR count). The first kappa shape index (κ1) is 11.0. The van der Waals surface area contributed by atoms with Crippen molar-refractivity contribution in [3.05, 3.63) is 54.1 Å². The Labute approximate surface area is 107 Å². The zero-order chi connectivity index (χ0) is 12.8. The predicted octanol–water partition coefficient (Wildman–Crippen LogP) is 3.58. The number of fused-ring (bicyclic) bond motifs is 1.